The van der Waals surface area contributed by atoms with Crippen LogP contribution in [0.4, 0.5) is 5.69 Å². The van der Waals surface area contributed by atoms with Gasteiger partial charge in [0.15, 0.2) is 5.69 Å². The lowest BCUT2D eigenvalue weighted by molar-refractivity contribution is 0.411. The highest BCUT2D eigenvalue weighted by Crippen LogP contribution is 2.28. The van der Waals surface area contributed by atoms with E-state index in [0.29, 0.717) is 17.1 Å². The maximum Gasteiger partial charge on any atom is 0.209 e. The highest BCUT2D eigenvalue weighted by atomic mass is 16.5. The van der Waals surface area contributed by atoms with Gasteiger partial charge < -0.3 is 15.5 Å². The normalized spacial score (nSPS) is 11.1. The van der Waals surface area contributed by atoms with Gasteiger partial charge in [-0.05, 0) is 36.4 Å². The number of anilines is 1. The number of benzene rings is 2. The molecule has 2 aromatic heterocycles. The average Bonchev–Trinajstić information content (AvgIpc) is 2.85. The fraction of sp³-hybridized carbons (Fsp3) is 0.0417. The zero-order valence-corrected chi connectivity index (χ0v) is 17.3. The molecule has 0 aliphatic heterocycles. The highest BCUT2D eigenvalue weighted by Gasteiger charge is 2.13. The van der Waals surface area contributed by atoms with Crippen LogP contribution >= 0.6 is 0 Å². The monoisotopic (exact) mass is 424 g/mol. The van der Waals surface area contributed by atoms with Crippen molar-refractivity contribution >= 4 is 17.6 Å². The van der Waals surface area contributed by atoms with E-state index in [9.17, 15) is 4.79 Å². The van der Waals surface area contributed by atoms with Crippen LogP contribution in [0.15, 0.2) is 90.3 Å². The summed E-state index contributed by atoms with van der Waals surface area (Å²) >= 11 is 0. The number of rotatable bonds is 7. The minimum atomic E-state index is -0.269. The van der Waals surface area contributed by atoms with Crippen molar-refractivity contribution in [2.75, 3.05) is 12.4 Å². The Hall–Kier alpha value is -4.59. The zero-order chi connectivity index (χ0) is 22.3. The Kier molecular flexibility index (Phi) is 6.12. The minimum absolute atomic E-state index is 0.182. The van der Waals surface area contributed by atoms with E-state index in [-0.39, 0.29) is 11.1 Å². The van der Waals surface area contributed by atoms with Crippen LogP contribution in [0.1, 0.15) is 5.69 Å². The maximum absolute atomic E-state index is 12.6. The number of aromatic nitrogens is 4. The summed E-state index contributed by atoms with van der Waals surface area (Å²) in [6.45, 7) is 0. The molecular weight excluding hydrogens is 404 g/mol. The van der Waals surface area contributed by atoms with Crippen molar-refractivity contribution in [2.24, 2.45) is 0 Å². The molecule has 0 atom stereocenters. The molecule has 4 aromatic rings. The van der Waals surface area contributed by atoms with Gasteiger partial charge in [-0.2, -0.15) is 5.10 Å². The van der Waals surface area contributed by atoms with Crippen molar-refractivity contribution < 1.29 is 4.74 Å². The molecule has 2 aromatic carbocycles. The lowest BCUT2D eigenvalue weighted by Crippen LogP contribution is -2.18. The van der Waals surface area contributed by atoms with Crippen LogP contribution in [-0.2, 0) is 0 Å². The largest absolute Gasteiger partial charge is 0.494 e. The predicted octanol–water partition coefficient (Wildman–Crippen LogP) is 3.80. The Morgan fingerprint density at radius 1 is 1.12 bits per heavy atom. The zero-order valence-electron chi connectivity index (χ0n) is 17.3. The molecule has 0 aliphatic carbocycles. The number of hydrogen-bond donors (Lipinski definition) is 2. The van der Waals surface area contributed by atoms with Gasteiger partial charge in [0.1, 0.15) is 17.8 Å². The molecule has 8 nitrogen and oxygen atoms in total. The summed E-state index contributed by atoms with van der Waals surface area (Å²) < 4.78 is 7.16. The van der Waals surface area contributed by atoms with Gasteiger partial charge in [0.2, 0.25) is 5.43 Å². The van der Waals surface area contributed by atoms with Crippen LogP contribution in [-0.4, -0.2) is 33.1 Å². The number of para-hydroxylation sites is 1. The summed E-state index contributed by atoms with van der Waals surface area (Å²) in [6, 6.07) is 18.2. The summed E-state index contributed by atoms with van der Waals surface area (Å²) in [4.78, 5) is 20.8. The third-order valence-corrected chi connectivity index (χ3v) is 4.67. The summed E-state index contributed by atoms with van der Waals surface area (Å²) in [5, 5.41) is 15.2. The van der Waals surface area contributed by atoms with E-state index in [1.807, 2.05) is 54.6 Å². The first-order valence-electron chi connectivity index (χ1n) is 9.77. The van der Waals surface area contributed by atoms with E-state index in [0.717, 1.165) is 23.2 Å². The van der Waals surface area contributed by atoms with E-state index in [4.69, 9.17) is 10.1 Å². The summed E-state index contributed by atoms with van der Waals surface area (Å²) in [5.74, 6) is 0.566. The van der Waals surface area contributed by atoms with Gasteiger partial charge in [-0.15, -0.1) is 0 Å². The topological polar surface area (TPSA) is 106 Å². The van der Waals surface area contributed by atoms with E-state index in [1.54, 1.807) is 24.2 Å². The maximum atomic E-state index is 12.6. The quantitative estimate of drug-likeness (QED) is 0.437. The van der Waals surface area contributed by atoms with Crippen LogP contribution in [0, 0.1) is 5.41 Å². The molecule has 158 valence electrons. The van der Waals surface area contributed by atoms with E-state index in [1.165, 1.54) is 18.5 Å². The molecule has 0 spiro atoms. The van der Waals surface area contributed by atoms with Crippen LogP contribution < -0.4 is 15.5 Å². The summed E-state index contributed by atoms with van der Waals surface area (Å²) in [7, 11) is 1.57. The van der Waals surface area contributed by atoms with Gasteiger partial charge in [0.05, 0.1) is 18.5 Å². The Balaban J connectivity index is 1.76. The Morgan fingerprint density at radius 2 is 1.97 bits per heavy atom. The molecular formula is C24H20N6O2. The molecule has 0 fully saturated rings. The van der Waals surface area contributed by atoms with Gasteiger partial charge >= 0.3 is 0 Å². The smallest absolute Gasteiger partial charge is 0.209 e. The van der Waals surface area contributed by atoms with Gasteiger partial charge in [-0.1, -0.05) is 24.3 Å². The van der Waals surface area contributed by atoms with E-state index >= 15 is 0 Å². The Bertz CT molecular complexity index is 1320. The summed E-state index contributed by atoms with van der Waals surface area (Å²) in [5.41, 5.74) is 3.40. The van der Waals surface area contributed by atoms with Crippen molar-refractivity contribution in [2.45, 2.75) is 0 Å². The summed E-state index contributed by atoms with van der Waals surface area (Å²) in [6.07, 6.45) is 7.35. The molecule has 0 aliphatic rings. The third kappa shape index (κ3) is 4.44. The van der Waals surface area contributed by atoms with Gasteiger partial charge in [-0.3, -0.25) is 4.79 Å². The average molecular weight is 424 g/mol. The standard InChI is InChI=1S/C24H20N6O2/c1-32-23-15-17(19-10-13-26-16-27-19)7-8-21(23)30-14-11-22(31)24(29-30)20(9-12-25)28-18-5-3-2-4-6-18/h2-16,25,28H,1H3/b20-9-,25-12?. The molecule has 0 amide bonds. The van der Waals surface area contributed by atoms with Crippen molar-refractivity contribution in [3.63, 3.8) is 0 Å². The second kappa shape index (κ2) is 9.48. The first-order chi connectivity index (χ1) is 15.7. The van der Waals surface area contributed by atoms with Crippen molar-refractivity contribution in [1.29, 1.82) is 5.41 Å². The molecule has 32 heavy (non-hydrogen) atoms. The fourth-order valence-corrected chi connectivity index (χ4v) is 3.16. The Labute approximate surface area is 184 Å². The van der Waals surface area contributed by atoms with Crippen LogP contribution in [0.5, 0.6) is 5.75 Å². The first kappa shape index (κ1) is 20.7. The van der Waals surface area contributed by atoms with Gasteiger partial charge in [-0.25, -0.2) is 14.6 Å². The molecule has 2 N–H and O–H groups in total. The second-order valence-corrected chi connectivity index (χ2v) is 6.69. The molecule has 8 heteroatoms. The van der Waals surface area contributed by atoms with Crippen molar-refractivity contribution in [3.8, 4) is 22.7 Å². The number of methoxy groups -OCH3 is 1. The minimum Gasteiger partial charge on any atom is -0.494 e. The van der Waals surface area contributed by atoms with E-state index in [2.05, 4.69) is 20.4 Å². The molecule has 0 radical (unpaired) electrons. The fourth-order valence-electron chi connectivity index (χ4n) is 3.16. The second-order valence-electron chi connectivity index (χ2n) is 6.69. The van der Waals surface area contributed by atoms with Crippen molar-refractivity contribution in [1.82, 2.24) is 19.7 Å². The number of allylic oxidation sites excluding steroid dienone is 1. The van der Waals surface area contributed by atoms with Crippen LogP contribution in [0.2, 0.25) is 0 Å². The molecule has 0 bridgehead atoms. The van der Waals surface area contributed by atoms with E-state index < -0.39 is 0 Å². The predicted molar refractivity (Wildman–Crippen MR) is 124 cm³/mol. The molecule has 0 saturated carbocycles. The molecule has 0 unspecified atom stereocenters. The molecule has 2 heterocycles. The third-order valence-electron chi connectivity index (χ3n) is 4.67. The molecule has 0 saturated heterocycles. The lowest BCUT2D eigenvalue weighted by atomic mass is 10.1. The van der Waals surface area contributed by atoms with Crippen LogP contribution in [0.3, 0.4) is 0 Å². The molecule has 4 rings (SSSR count). The number of hydrogen-bond acceptors (Lipinski definition) is 7. The number of nitrogens with zero attached hydrogens (tertiary/aromatic N) is 4. The lowest BCUT2D eigenvalue weighted by Gasteiger charge is -2.15. The highest BCUT2D eigenvalue weighted by molar-refractivity contribution is 5.86. The Morgan fingerprint density at radius 3 is 2.69 bits per heavy atom. The first-order valence-corrected chi connectivity index (χ1v) is 9.77. The van der Waals surface area contributed by atoms with Crippen LogP contribution in [0.25, 0.3) is 22.6 Å². The SMILES string of the molecule is COc1cc(-c2ccncn2)ccc1-n1ccc(=O)c(/C(=C/C=N)Nc2ccccc2)n1. The number of ether oxygens (including phenoxy) is 1. The van der Waals surface area contributed by atoms with Crippen molar-refractivity contribution in [3.05, 3.63) is 101 Å². The van der Waals surface area contributed by atoms with Gasteiger partial charge in [0.25, 0.3) is 0 Å². The van der Waals surface area contributed by atoms with Gasteiger partial charge in [0, 0.05) is 35.9 Å². The number of nitrogens with one attached hydrogen (secondary N) is 2.